The van der Waals surface area contributed by atoms with E-state index in [1.54, 1.807) is 13.1 Å². The first kappa shape index (κ1) is 15.6. The number of amides is 1. The maximum Gasteiger partial charge on any atom is 0.275 e. The van der Waals surface area contributed by atoms with Crippen LogP contribution < -0.4 is 5.32 Å². The second-order valence-electron chi connectivity index (χ2n) is 6.23. The van der Waals surface area contributed by atoms with Crippen molar-refractivity contribution in [1.82, 2.24) is 30.6 Å². The van der Waals surface area contributed by atoms with E-state index in [4.69, 9.17) is 4.52 Å². The second kappa shape index (κ2) is 6.15. The molecular formula is C16H18N6O3. The van der Waals surface area contributed by atoms with Gasteiger partial charge in [0.1, 0.15) is 5.69 Å². The summed E-state index contributed by atoms with van der Waals surface area (Å²) in [5.41, 5.74) is 3.64. The molecule has 3 aromatic heterocycles. The highest BCUT2D eigenvalue weighted by Crippen LogP contribution is 2.44. The van der Waals surface area contributed by atoms with Gasteiger partial charge in [-0.1, -0.05) is 10.3 Å². The van der Waals surface area contributed by atoms with Crippen LogP contribution in [0.2, 0.25) is 0 Å². The predicted molar refractivity (Wildman–Crippen MR) is 85.8 cm³/mol. The zero-order chi connectivity index (χ0) is 17.4. The number of hydrogen-bond acceptors (Lipinski definition) is 7. The quantitative estimate of drug-likeness (QED) is 0.727. The Bertz CT molecular complexity index is 905. The Balaban J connectivity index is 1.47. The molecule has 3 heterocycles. The molecule has 0 atom stereocenters. The van der Waals surface area contributed by atoms with Crippen molar-refractivity contribution in [2.45, 2.75) is 39.2 Å². The summed E-state index contributed by atoms with van der Waals surface area (Å²) in [6.07, 6.45) is 4.09. The number of hydrogen-bond donors (Lipinski definition) is 1. The van der Waals surface area contributed by atoms with Crippen LogP contribution in [0.15, 0.2) is 21.4 Å². The Morgan fingerprint density at radius 3 is 2.80 bits per heavy atom. The highest BCUT2D eigenvalue weighted by molar-refractivity contribution is 5.92. The lowest BCUT2D eigenvalue weighted by atomic mass is 10.1. The van der Waals surface area contributed by atoms with Gasteiger partial charge in [0, 0.05) is 18.5 Å². The average molecular weight is 342 g/mol. The fraction of sp³-hybridized carbons (Fsp3) is 0.438. The smallest absolute Gasteiger partial charge is 0.275 e. The molecule has 1 fully saturated rings. The third kappa shape index (κ3) is 3.04. The fourth-order valence-corrected chi connectivity index (χ4v) is 2.84. The van der Waals surface area contributed by atoms with E-state index in [0.717, 1.165) is 35.6 Å². The number of aromatic nitrogens is 5. The third-order valence-corrected chi connectivity index (χ3v) is 4.21. The van der Waals surface area contributed by atoms with Crippen LogP contribution in [0.4, 0.5) is 0 Å². The molecule has 0 bridgehead atoms. The summed E-state index contributed by atoms with van der Waals surface area (Å²) in [6, 6.07) is 1.91. The molecule has 25 heavy (non-hydrogen) atoms. The van der Waals surface area contributed by atoms with Crippen molar-refractivity contribution in [2.24, 2.45) is 0 Å². The van der Waals surface area contributed by atoms with Crippen molar-refractivity contribution in [3.63, 3.8) is 0 Å². The number of nitrogens with zero attached hydrogens (tertiary/aromatic N) is 5. The number of aryl methyl sites for hydroxylation is 2. The van der Waals surface area contributed by atoms with E-state index in [1.165, 1.54) is 0 Å². The SMILES string of the molecule is Cc1cc(-c2cnn(CCNC(=O)c3nonc3C)c2C2CC2)on1. The Hall–Kier alpha value is -2.97. The Labute approximate surface area is 143 Å². The van der Waals surface area contributed by atoms with Crippen LogP contribution in [0.5, 0.6) is 0 Å². The average Bonchev–Trinajstić information content (AvgIpc) is 2.98. The van der Waals surface area contributed by atoms with Crippen molar-refractivity contribution in [3.05, 3.63) is 35.0 Å². The lowest BCUT2D eigenvalue weighted by Gasteiger charge is -2.08. The molecule has 0 spiro atoms. The number of rotatable bonds is 6. The molecule has 0 radical (unpaired) electrons. The first-order chi connectivity index (χ1) is 12.1. The largest absolute Gasteiger partial charge is 0.356 e. The molecule has 1 aliphatic rings. The van der Waals surface area contributed by atoms with Crippen molar-refractivity contribution in [1.29, 1.82) is 0 Å². The van der Waals surface area contributed by atoms with Gasteiger partial charge in [0.25, 0.3) is 5.91 Å². The van der Waals surface area contributed by atoms with Gasteiger partial charge in [0.15, 0.2) is 11.5 Å². The van der Waals surface area contributed by atoms with Crippen LogP contribution in [0, 0.1) is 13.8 Å². The van der Waals surface area contributed by atoms with Crippen molar-refractivity contribution < 1.29 is 13.9 Å². The highest BCUT2D eigenvalue weighted by atomic mass is 16.6. The van der Waals surface area contributed by atoms with Crippen LogP contribution in [0.3, 0.4) is 0 Å². The summed E-state index contributed by atoms with van der Waals surface area (Å²) in [5.74, 6) is 0.921. The molecule has 0 unspecified atom stereocenters. The standard InChI is InChI=1S/C16H18N6O3/c1-9-7-13(24-19-9)12-8-18-22(15(12)11-3-4-11)6-5-17-16(23)14-10(2)20-25-21-14/h7-8,11H,3-6H2,1-2H3,(H,17,23). The van der Waals surface area contributed by atoms with Crippen molar-refractivity contribution >= 4 is 5.91 Å². The minimum Gasteiger partial charge on any atom is -0.356 e. The van der Waals surface area contributed by atoms with Gasteiger partial charge in [-0.25, -0.2) is 4.63 Å². The Morgan fingerprint density at radius 1 is 1.32 bits per heavy atom. The van der Waals surface area contributed by atoms with Gasteiger partial charge in [-0.3, -0.25) is 9.48 Å². The van der Waals surface area contributed by atoms with Gasteiger partial charge in [-0.05, 0) is 31.8 Å². The molecule has 3 aromatic rings. The molecule has 0 aliphatic heterocycles. The number of nitrogens with one attached hydrogen (secondary N) is 1. The Morgan fingerprint density at radius 2 is 2.16 bits per heavy atom. The van der Waals surface area contributed by atoms with Gasteiger partial charge in [0.2, 0.25) is 0 Å². The summed E-state index contributed by atoms with van der Waals surface area (Å²) in [7, 11) is 0. The van der Waals surface area contributed by atoms with E-state index in [9.17, 15) is 4.79 Å². The van der Waals surface area contributed by atoms with Crippen LogP contribution in [-0.2, 0) is 6.54 Å². The van der Waals surface area contributed by atoms with Crippen LogP contribution >= 0.6 is 0 Å². The topological polar surface area (TPSA) is 112 Å². The van der Waals surface area contributed by atoms with Crippen LogP contribution in [-0.4, -0.2) is 37.7 Å². The number of carbonyl (C=O) groups excluding carboxylic acids is 1. The van der Waals surface area contributed by atoms with Gasteiger partial charge >= 0.3 is 0 Å². The first-order valence-corrected chi connectivity index (χ1v) is 8.20. The molecular weight excluding hydrogens is 324 g/mol. The molecule has 1 aliphatic carbocycles. The monoisotopic (exact) mass is 342 g/mol. The predicted octanol–water partition coefficient (Wildman–Crippen LogP) is 1.85. The summed E-state index contributed by atoms with van der Waals surface area (Å²) in [5, 5.41) is 18.5. The van der Waals surface area contributed by atoms with Crippen LogP contribution in [0.1, 0.15) is 46.3 Å². The lowest BCUT2D eigenvalue weighted by molar-refractivity contribution is 0.0941. The molecule has 1 saturated carbocycles. The maximum absolute atomic E-state index is 12.1. The molecule has 9 heteroatoms. The summed E-state index contributed by atoms with van der Waals surface area (Å²) in [6.45, 7) is 4.57. The van der Waals surface area contributed by atoms with Gasteiger partial charge in [-0.2, -0.15) is 5.10 Å². The third-order valence-electron chi connectivity index (χ3n) is 4.21. The van der Waals surface area contributed by atoms with E-state index in [0.29, 0.717) is 24.7 Å². The summed E-state index contributed by atoms with van der Waals surface area (Å²) in [4.78, 5) is 12.1. The zero-order valence-corrected chi connectivity index (χ0v) is 14.0. The van der Waals surface area contributed by atoms with E-state index < -0.39 is 0 Å². The summed E-state index contributed by atoms with van der Waals surface area (Å²) >= 11 is 0. The first-order valence-electron chi connectivity index (χ1n) is 8.20. The molecule has 9 nitrogen and oxygen atoms in total. The van der Waals surface area contributed by atoms with Gasteiger partial charge in [0.05, 0.1) is 29.7 Å². The molecule has 0 saturated heterocycles. The minimum absolute atomic E-state index is 0.209. The molecule has 4 rings (SSSR count). The lowest BCUT2D eigenvalue weighted by Crippen LogP contribution is -2.28. The van der Waals surface area contributed by atoms with Crippen molar-refractivity contribution in [2.75, 3.05) is 6.54 Å². The minimum atomic E-state index is -0.301. The Kier molecular flexibility index (Phi) is 3.83. The molecule has 1 amide bonds. The summed E-state index contributed by atoms with van der Waals surface area (Å²) < 4.78 is 11.9. The van der Waals surface area contributed by atoms with Gasteiger partial charge in [-0.15, -0.1) is 0 Å². The fourth-order valence-electron chi connectivity index (χ4n) is 2.84. The van der Waals surface area contributed by atoms with Crippen molar-refractivity contribution in [3.8, 4) is 11.3 Å². The highest BCUT2D eigenvalue weighted by Gasteiger charge is 2.31. The zero-order valence-electron chi connectivity index (χ0n) is 14.0. The normalized spacial score (nSPS) is 14.0. The molecule has 1 N–H and O–H groups in total. The second-order valence-corrected chi connectivity index (χ2v) is 6.23. The molecule has 0 aromatic carbocycles. The molecule has 130 valence electrons. The number of carbonyl (C=O) groups is 1. The van der Waals surface area contributed by atoms with E-state index in [2.05, 4.69) is 30.5 Å². The maximum atomic E-state index is 12.1. The van der Waals surface area contributed by atoms with E-state index in [-0.39, 0.29) is 11.6 Å². The van der Waals surface area contributed by atoms with E-state index >= 15 is 0 Å². The van der Waals surface area contributed by atoms with Gasteiger partial charge < -0.3 is 9.84 Å². The van der Waals surface area contributed by atoms with Crippen LogP contribution in [0.25, 0.3) is 11.3 Å². The van der Waals surface area contributed by atoms with E-state index in [1.807, 2.05) is 17.7 Å².